The molecule has 2 N–H and O–H groups in total. The van der Waals surface area contributed by atoms with E-state index in [2.05, 4.69) is 21.2 Å². The first-order valence-electron chi connectivity index (χ1n) is 8.99. The summed E-state index contributed by atoms with van der Waals surface area (Å²) in [5.41, 5.74) is 2.16. The number of hydrogen-bond acceptors (Lipinski definition) is 4. The van der Waals surface area contributed by atoms with E-state index in [1.807, 2.05) is 6.07 Å². The lowest BCUT2D eigenvalue weighted by Gasteiger charge is -2.18. The van der Waals surface area contributed by atoms with Gasteiger partial charge < -0.3 is 19.9 Å². The highest BCUT2D eigenvalue weighted by Gasteiger charge is 2.17. The van der Waals surface area contributed by atoms with Crippen molar-refractivity contribution >= 4 is 62.4 Å². The number of carbonyl (C=O) groups is 1. The fourth-order valence-corrected chi connectivity index (χ4v) is 4.09. The molecule has 0 unspecified atom stereocenters. The predicted molar refractivity (Wildman–Crippen MR) is 127 cm³/mol. The molecule has 5 nitrogen and oxygen atoms in total. The van der Waals surface area contributed by atoms with Crippen LogP contribution in [-0.4, -0.2) is 18.2 Å². The Labute approximate surface area is 203 Å². The second kappa shape index (κ2) is 10.5. The van der Waals surface area contributed by atoms with E-state index >= 15 is 0 Å². The number of carboxylic acids is 1. The lowest BCUT2D eigenvalue weighted by Crippen LogP contribution is -2.07. The molecule has 0 bridgehead atoms. The third-order valence-electron chi connectivity index (χ3n) is 4.48. The maximum Gasteiger partial charge on any atom is 0.337 e. The smallest absolute Gasteiger partial charge is 0.337 e. The zero-order chi connectivity index (χ0) is 22.5. The van der Waals surface area contributed by atoms with Crippen LogP contribution in [0, 0.1) is 0 Å². The molecular weight excluding hydrogens is 529 g/mol. The Morgan fingerprint density at radius 2 is 1.74 bits per heavy atom. The van der Waals surface area contributed by atoms with Gasteiger partial charge in [-0.2, -0.15) is 0 Å². The van der Waals surface area contributed by atoms with Crippen molar-refractivity contribution in [3.8, 4) is 11.5 Å². The Morgan fingerprint density at radius 3 is 2.35 bits per heavy atom. The van der Waals surface area contributed by atoms with Crippen molar-refractivity contribution in [2.24, 2.45) is 0 Å². The molecule has 0 radical (unpaired) electrons. The minimum Gasteiger partial charge on any atom is -0.493 e. The van der Waals surface area contributed by atoms with Gasteiger partial charge in [-0.3, -0.25) is 0 Å². The van der Waals surface area contributed by atoms with E-state index in [1.54, 1.807) is 43.5 Å². The molecule has 162 valence electrons. The van der Waals surface area contributed by atoms with Gasteiger partial charge in [-0.25, -0.2) is 4.79 Å². The zero-order valence-electron chi connectivity index (χ0n) is 16.2. The van der Waals surface area contributed by atoms with Gasteiger partial charge in [0.15, 0.2) is 11.5 Å². The molecule has 31 heavy (non-hydrogen) atoms. The topological polar surface area (TPSA) is 67.8 Å². The number of hydrogen-bond donors (Lipinski definition) is 2. The molecule has 0 atom stereocenters. The summed E-state index contributed by atoms with van der Waals surface area (Å²) in [5.74, 6) is -0.0166. The van der Waals surface area contributed by atoms with E-state index in [0.29, 0.717) is 39.3 Å². The Bertz CT molecular complexity index is 1100. The maximum absolute atomic E-state index is 11.1. The summed E-state index contributed by atoms with van der Waals surface area (Å²) < 4.78 is 12.4. The summed E-state index contributed by atoms with van der Waals surface area (Å²) >= 11 is 22.1. The first kappa shape index (κ1) is 23.5. The summed E-state index contributed by atoms with van der Waals surface area (Å²) in [5, 5.41) is 13.5. The minimum atomic E-state index is -1.08. The van der Waals surface area contributed by atoms with Crippen LogP contribution in [0.15, 0.2) is 53.0 Å². The Balaban J connectivity index is 1.86. The average Bonchev–Trinajstić information content (AvgIpc) is 2.72. The molecule has 0 amide bonds. The molecular formula is C22H17BrCl3NO4. The van der Waals surface area contributed by atoms with Gasteiger partial charge in [-0.15, -0.1) is 0 Å². The normalized spacial score (nSPS) is 10.6. The van der Waals surface area contributed by atoms with Crippen LogP contribution in [0.4, 0.5) is 5.69 Å². The van der Waals surface area contributed by atoms with Crippen LogP contribution in [0.3, 0.4) is 0 Å². The van der Waals surface area contributed by atoms with Crippen LogP contribution >= 0.6 is 50.7 Å². The van der Waals surface area contributed by atoms with Crippen molar-refractivity contribution in [1.82, 2.24) is 0 Å². The highest BCUT2D eigenvalue weighted by molar-refractivity contribution is 9.10. The molecule has 0 fully saturated rings. The van der Waals surface area contributed by atoms with Gasteiger partial charge >= 0.3 is 5.97 Å². The van der Waals surface area contributed by atoms with Crippen LogP contribution in [0.2, 0.25) is 15.1 Å². The highest BCUT2D eigenvalue weighted by Crippen LogP contribution is 2.38. The Hall–Kier alpha value is -2.12. The van der Waals surface area contributed by atoms with Crippen LogP contribution in [-0.2, 0) is 13.2 Å². The van der Waals surface area contributed by atoms with Gasteiger partial charge in [0.05, 0.1) is 17.7 Å². The molecule has 0 saturated carbocycles. The van der Waals surface area contributed by atoms with Crippen LogP contribution in [0.1, 0.15) is 21.5 Å². The van der Waals surface area contributed by atoms with Gasteiger partial charge in [-0.05, 0) is 42.5 Å². The first-order chi connectivity index (χ1) is 14.8. The van der Waals surface area contributed by atoms with Gasteiger partial charge in [0.2, 0.25) is 0 Å². The SMILES string of the molecule is COc1ccc(Br)c(CNc2ccc(C(=O)O)c(Cl)c2)c1OCc1c(Cl)cccc1Cl. The molecule has 0 aliphatic carbocycles. The molecule has 0 heterocycles. The number of aromatic carboxylic acids is 1. The van der Waals surface area contributed by atoms with Crippen LogP contribution in [0.25, 0.3) is 0 Å². The molecule has 0 aliphatic rings. The van der Waals surface area contributed by atoms with Gasteiger partial charge in [0.25, 0.3) is 0 Å². The molecule has 0 spiro atoms. The lowest BCUT2D eigenvalue weighted by atomic mass is 10.1. The van der Waals surface area contributed by atoms with E-state index < -0.39 is 5.97 Å². The molecule has 3 aromatic carbocycles. The Kier molecular flexibility index (Phi) is 7.94. The molecule has 9 heteroatoms. The van der Waals surface area contributed by atoms with Crippen molar-refractivity contribution in [3.63, 3.8) is 0 Å². The minimum absolute atomic E-state index is 0.0374. The average molecular weight is 546 g/mol. The quantitative estimate of drug-likeness (QED) is 0.311. The first-order valence-corrected chi connectivity index (χ1v) is 10.9. The monoisotopic (exact) mass is 543 g/mol. The van der Waals surface area contributed by atoms with E-state index in [-0.39, 0.29) is 17.2 Å². The zero-order valence-corrected chi connectivity index (χ0v) is 20.1. The van der Waals surface area contributed by atoms with Crippen molar-refractivity contribution in [2.45, 2.75) is 13.2 Å². The number of ether oxygens (including phenoxy) is 2. The van der Waals surface area contributed by atoms with E-state index in [9.17, 15) is 4.79 Å². The van der Waals surface area contributed by atoms with Crippen LogP contribution < -0.4 is 14.8 Å². The summed E-state index contributed by atoms with van der Waals surface area (Å²) in [4.78, 5) is 11.1. The molecule has 0 aliphatic heterocycles. The summed E-state index contributed by atoms with van der Waals surface area (Å²) in [6.45, 7) is 0.504. The third kappa shape index (κ3) is 5.57. The van der Waals surface area contributed by atoms with Gasteiger partial charge in [-0.1, -0.05) is 56.8 Å². The van der Waals surface area contributed by atoms with Crippen molar-refractivity contribution in [3.05, 3.63) is 84.8 Å². The van der Waals surface area contributed by atoms with Gasteiger partial charge in [0, 0.05) is 37.9 Å². The number of halogens is 4. The maximum atomic E-state index is 11.1. The number of anilines is 1. The Morgan fingerprint density at radius 1 is 1.03 bits per heavy atom. The number of methoxy groups -OCH3 is 1. The second-order valence-electron chi connectivity index (χ2n) is 6.40. The number of nitrogens with one attached hydrogen (secondary N) is 1. The fraction of sp³-hybridized carbons (Fsp3) is 0.136. The second-order valence-corrected chi connectivity index (χ2v) is 8.48. The lowest BCUT2D eigenvalue weighted by molar-refractivity contribution is 0.0697. The largest absolute Gasteiger partial charge is 0.493 e. The predicted octanol–water partition coefficient (Wildman–Crippen LogP) is 7.31. The number of rotatable bonds is 8. The van der Waals surface area contributed by atoms with Crippen molar-refractivity contribution in [1.29, 1.82) is 0 Å². The molecule has 3 aromatic rings. The van der Waals surface area contributed by atoms with E-state index in [1.165, 1.54) is 6.07 Å². The van der Waals surface area contributed by atoms with Gasteiger partial charge in [0.1, 0.15) is 6.61 Å². The summed E-state index contributed by atoms with van der Waals surface area (Å²) in [6, 6.07) is 13.6. The van der Waals surface area contributed by atoms with E-state index in [4.69, 9.17) is 49.4 Å². The van der Waals surface area contributed by atoms with Crippen molar-refractivity contribution < 1.29 is 19.4 Å². The fourth-order valence-electron chi connectivity index (χ4n) is 2.87. The summed E-state index contributed by atoms with van der Waals surface area (Å²) in [6.07, 6.45) is 0. The standard InChI is InChI=1S/C22H17BrCl3NO4/c1-30-20-8-7-16(23)14(10-27-12-5-6-13(22(28)29)19(26)9-12)21(20)31-11-15-17(24)3-2-4-18(15)25/h2-9,27H,10-11H2,1H3,(H,28,29). The molecule has 3 rings (SSSR count). The van der Waals surface area contributed by atoms with Crippen molar-refractivity contribution in [2.75, 3.05) is 12.4 Å². The number of carboxylic acid groups (broad SMARTS) is 1. The van der Waals surface area contributed by atoms with Crippen LogP contribution in [0.5, 0.6) is 11.5 Å². The van der Waals surface area contributed by atoms with E-state index in [0.717, 1.165) is 10.0 Å². The third-order valence-corrected chi connectivity index (χ3v) is 6.24. The molecule has 0 aromatic heterocycles. The highest BCUT2D eigenvalue weighted by atomic mass is 79.9. The molecule has 0 saturated heterocycles. The summed E-state index contributed by atoms with van der Waals surface area (Å²) in [7, 11) is 1.56. The number of benzene rings is 3.